The number of fused-ring (bicyclic) bond motifs is 3. The summed E-state index contributed by atoms with van der Waals surface area (Å²) in [5.41, 5.74) is 1.59. The van der Waals surface area contributed by atoms with Gasteiger partial charge in [-0.2, -0.15) is 0 Å². The molecule has 2 aliphatic rings. The Morgan fingerprint density at radius 2 is 1.97 bits per heavy atom. The minimum Gasteiger partial charge on any atom is -0.463 e. The largest absolute Gasteiger partial charge is 0.463 e. The third-order valence-electron chi connectivity index (χ3n) is 7.82. The number of nitrogens with one attached hydrogen (secondary N) is 1. The lowest BCUT2D eigenvalue weighted by Gasteiger charge is -2.45. The molecule has 6 nitrogen and oxygen atoms in total. The van der Waals surface area contributed by atoms with Gasteiger partial charge in [0.05, 0.1) is 18.3 Å². The zero-order valence-corrected chi connectivity index (χ0v) is 19.3. The molecule has 2 aromatic heterocycles. The molecule has 0 saturated heterocycles. The Balaban J connectivity index is 1.52. The van der Waals surface area contributed by atoms with Crippen molar-refractivity contribution in [3.05, 3.63) is 59.7 Å². The fourth-order valence-corrected chi connectivity index (χ4v) is 5.40. The van der Waals surface area contributed by atoms with Crippen LogP contribution < -0.4 is 5.32 Å². The van der Waals surface area contributed by atoms with Gasteiger partial charge >= 0.3 is 0 Å². The average molecular weight is 452 g/mol. The second-order valence-electron chi connectivity index (χ2n) is 9.92. The Morgan fingerprint density at radius 1 is 1.21 bits per heavy atom. The Labute approximate surface area is 192 Å². The Morgan fingerprint density at radius 3 is 2.73 bits per heavy atom. The number of hydrogen-bond acceptors (Lipinski definition) is 3. The second-order valence-corrected chi connectivity index (χ2v) is 9.92. The molecule has 1 N–H and O–H groups in total. The first kappa shape index (κ1) is 21.7. The van der Waals surface area contributed by atoms with Crippen LogP contribution in [0.3, 0.4) is 0 Å². The second kappa shape index (κ2) is 8.04. The highest BCUT2D eigenvalue weighted by Gasteiger charge is 2.48. The van der Waals surface area contributed by atoms with Gasteiger partial charge in [0.2, 0.25) is 5.91 Å². The summed E-state index contributed by atoms with van der Waals surface area (Å²) < 4.78 is 20.9. The van der Waals surface area contributed by atoms with E-state index in [1.165, 1.54) is 18.6 Å². The molecule has 3 aromatic rings. The van der Waals surface area contributed by atoms with Gasteiger partial charge in [0, 0.05) is 24.7 Å². The van der Waals surface area contributed by atoms with Gasteiger partial charge in [-0.25, -0.2) is 4.39 Å². The van der Waals surface area contributed by atoms with Crippen LogP contribution in [0.4, 0.5) is 4.39 Å². The predicted octanol–water partition coefficient (Wildman–Crippen LogP) is 4.73. The number of halogens is 1. The molecule has 0 bridgehead atoms. The first-order valence-electron chi connectivity index (χ1n) is 11.7. The van der Waals surface area contributed by atoms with Crippen LogP contribution in [0.25, 0.3) is 11.1 Å². The van der Waals surface area contributed by atoms with Gasteiger partial charge < -0.3 is 19.2 Å². The molecule has 2 amide bonds. The van der Waals surface area contributed by atoms with Crippen LogP contribution in [0.1, 0.15) is 56.1 Å². The number of carbonyl (C=O) groups excluding carboxylic acids is 2. The number of hydrogen-bond donors (Lipinski definition) is 1. The van der Waals surface area contributed by atoms with Crippen LogP contribution in [-0.4, -0.2) is 32.9 Å². The summed E-state index contributed by atoms with van der Waals surface area (Å²) in [6.45, 7) is 6.79. The molecule has 3 heterocycles. The maximum absolute atomic E-state index is 13.8. The van der Waals surface area contributed by atoms with Crippen LogP contribution in [0, 0.1) is 17.7 Å². The molecule has 5 rings (SSSR count). The summed E-state index contributed by atoms with van der Waals surface area (Å²) in [7, 11) is 0. The zero-order chi connectivity index (χ0) is 23.3. The molecule has 33 heavy (non-hydrogen) atoms. The number of rotatable bonds is 4. The highest BCUT2D eigenvalue weighted by atomic mass is 19.1. The minimum atomic E-state index is -1.11. The average Bonchev–Trinajstić information content (AvgIpc) is 3.38. The van der Waals surface area contributed by atoms with Gasteiger partial charge in [-0.3, -0.25) is 9.59 Å². The van der Waals surface area contributed by atoms with Gasteiger partial charge in [-0.15, -0.1) is 0 Å². The van der Waals surface area contributed by atoms with Crippen LogP contribution in [0.15, 0.2) is 47.1 Å². The number of furan rings is 1. The first-order valence-corrected chi connectivity index (χ1v) is 11.7. The molecule has 1 fully saturated rings. The van der Waals surface area contributed by atoms with E-state index in [0.29, 0.717) is 29.7 Å². The van der Waals surface area contributed by atoms with Gasteiger partial charge in [0.1, 0.15) is 17.1 Å². The number of nitrogens with zero attached hydrogens (tertiary/aromatic N) is 2. The molecule has 0 radical (unpaired) electrons. The molecule has 0 spiro atoms. The third kappa shape index (κ3) is 3.63. The highest BCUT2D eigenvalue weighted by Crippen LogP contribution is 2.35. The van der Waals surface area contributed by atoms with Crippen LogP contribution in [0.5, 0.6) is 0 Å². The predicted molar refractivity (Wildman–Crippen MR) is 123 cm³/mol. The normalized spacial score (nSPS) is 27.6. The summed E-state index contributed by atoms with van der Waals surface area (Å²) in [4.78, 5) is 29.2. The molecular weight excluding hydrogens is 421 g/mol. The van der Waals surface area contributed by atoms with E-state index in [0.717, 1.165) is 23.9 Å². The summed E-state index contributed by atoms with van der Waals surface area (Å²) in [5, 5.41) is 3.29. The van der Waals surface area contributed by atoms with Crippen molar-refractivity contribution in [2.24, 2.45) is 11.8 Å². The monoisotopic (exact) mass is 451 g/mol. The zero-order valence-electron chi connectivity index (χ0n) is 19.3. The van der Waals surface area contributed by atoms with Crippen molar-refractivity contribution >= 4 is 22.9 Å². The van der Waals surface area contributed by atoms with Crippen molar-refractivity contribution in [1.82, 2.24) is 14.8 Å². The van der Waals surface area contributed by atoms with Crippen molar-refractivity contribution in [3.63, 3.8) is 0 Å². The number of amides is 2. The fourth-order valence-electron chi connectivity index (χ4n) is 5.40. The minimum absolute atomic E-state index is 0.0841. The molecule has 1 saturated carbocycles. The highest BCUT2D eigenvalue weighted by molar-refractivity contribution is 6.02. The van der Waals surface area contributed by atoms with E-state index >= 15 is 0 Å². The lowest BCUT2D eigenvalue weighted by molar-refractivity contribution is -0.134. The maximum Gasteiger partial charge on any atom is 0.271 e. The molecular formula is C26H30FN3O3. The van der Waals surface area contributed by atoms with Crippen LogP contribution in [0.2, 0.25) is 0 Å². The molecule has 1 aliphatic carbocycles. The van der Waals surface area contributed by atoms with E-state index in [1.54, 1.807) is 29.4 Å². The van der Waals surface area contributed by atoms with E-state index < -0.39 is 5.54 Å². The third-order valence-corrected chi connectivity index (χ3v) is 7.82. The van der Waals surface area contributed by atoms with E-state index in [9.17, 15) is 14.0 Å². The number of carbonyl (C=O) groups is 2. The van der Waals surface area contributed by atoms with E-state index in [2.05, 4.69) is 19.2 Å². The topological polar surface area (TPSA) is 67.5 Å². The molecule has 1 aromatic carbocycles. The Bertz CT molecular complexity index is 1200. The molecule has 0 unspecified atom stereocenters. The molecule has 174 valence electrons. The maximum atomic E-state index is 13.8. The van der Waals surface area contributed by atoms with E-state index in [-0.39, 0.29) is 30.2 Å². The number of benzene rings is 1. The Hall–Kier alpha value is -3.09. The van der Waals surface area contributed by atoms with Crippen LogP contribution in [-0.2, 0) is 17.9 Å². The van der Waals surface area contributed by atoms with Crippen molar-refractivity contribution in [2.45, 2.75) is 64.7 Å². The van der Waals surface area contributed by atoms with Gasteiger partial charge in [-0.05, 0) is 42.9 Å². The summed E-state index contributed by atoms with van der Waals surface area (Å²) in [6, 6.07) is 9.71. The van der Waals surface area contributed by atoms with Gasteiger partial charge in [0.25, 0.3) is 5.91 Å². The van der Waals surface area contributed by atoms with Gasteiger partial charge in [0.15, 0.2) is 5.58 Å². The van der Waals surface area contributed by atoms with Crippen molar-refractivity contribution in [3.8, 4) is 0 Å². The van der Waals surface area contributed by atoms with Crippen molar-refractivity contribution in [1.29, 1.82) is 0 Å². The molecule has 4 atom stereocenters. The first-order chi connectivity index (χ1) is 15.8. The standard InChI is InChI=1S/C26H30FN3O3/c1-16-5-4-6-20(17(16)2)28-25(32)26(3)15-29-21-11-12-33-23(21)13-22(29)24(31)30(26)14-18-7-9-19(27)10-8-18/h7-13,16-17,20H,4-6,14-15H2,1-3H3,(H,28,32)/t16-,17+,20+,26-/m1/s1. The molecule has 1 aliphatic heterocycles. The van der Waals surface area contributed by atoms with Gasteiger partial charge in [-0.1, -0.05) is 38.8 Å². The quantitative estimate of drug-likeness (QED) is 0.624. The Kier molecular flexibility index (Phi) is 5.30. The smallest absolute Gasteiger partial charge is 0.271 e. The fraction of sp³-hybridized carbons (Fsp3) is 0.462. The lowest BCUT2D eigenvalue weighted by Crippen LogP contribution is -2.65. The lowest BCUT2D eigenvalue weighted by atomic mass is 9.77. The summed E-state index contributed by atoms with van der Waals surface area (Å²) in [6.07, 6.45) is 4.80. The molecule has 7 heteroatoms. The van der Waals surface area contributed by atoms with Crippen LogP contribution >= 0.6 is 0 Å². The SMILES string of the molecule is C[C@H]1[C@H](C)CCC[C@@H]1NC(=O)[C@@]1(C)Cn2c(cc3occc32)C(=O)N1Cc1ccc(F)cc1. The van der Waals surface area contributed by atoms with E-state index in [1.807, 2.05) is 17.6 Å². The van der Waals surface area contributed by atoms with Crippen molar-refractivity contribution in [2.75, 3.05) is 0 Å². The number of aromatic nitrogens is 1. The van der Waals surface area contributed by atoms with Crippen molar-refractivity contribution < 1.29 is 18.4 Å². The summed E-state index contributed by atoms with van der Waals surface area (Å²) >= 11 is 0. The summed E-state index contributed by atoms with van der Waals surface area (Å²) in [5.74, 6) is 0.194. The van der Waals surface area contributed by atoms with E-state index in [4.69, 9.17) is 4.42 Å².